The number of urea groups is 1. The first kappa shape index (κ1) is 13.6. The van der Waals surface area contributed by atoms with E-state index in [0.29, 0.717) is 6.54 Å². The Labute approximate surface area is 104 Å². The summed E-state index contributed by atoms with van der Waals surface area (Å²) in [6.07, 6.45) is 0.950. The SMILES string of the molecule is CCCNC(=O)N[C@@H](C)c1cc(C)ccc1C. The average molecular weight is 234 g/mol. The van der Waals surface area contributed by atoms with Crippen molar-refractivity contribution in [3.05, 3.63) is 34.9 Å². The summed E-state index contributed by atoms with van der Waals surface area (Å²) in [5.74, 6) is 0. The van der Waals surface area contributed by atoms with Crippen molar-refractivity contribution in [3.63, 3.8) is 0 Å². The van der Waals surface area contributed by atoms with Crippen LogP contribution in [0.3, 0.4) is 0 Å². The zero-order valence-corrected chi connectivity index (χ0v) is 11.1. The quantitative estimate of drug-likeness (QED) is 0.826. The standard InChI is InChI=1S/C14H22N2O/c1-5-8-15-14(17)16-12(4)13-9-10(2)6-7-11(13)3/h6-7,9,12H,5,8H2,1-4H3,(H2,15,16,17)/t12-/m0/s1. The largest absolute Gasteiger partial charge is 0.338 e. The molecule has 0 aliphatic heterocycles. The summed E-state index contributed by atoms with van der Waals surface area (Å²) in [6, 6.07) is 6.24. The lowest BCUT2D eigenvalue weighted by Gasteiger charge is -2.17. The number of benzene rings is 1. The first-order valence-corrected chi connectivity index (χ1v) is 6.16. The van der Waals surface area contributed by atoms with Gasteiger partial charge in [0.15, 0.2) is 0 Å². The predicted molar refractivity (Wildman–Crippen MR) is 71.2 cm³/mol. The molecule has 0 aliphatic carbocycles. The van der Waals surface area contributed by atoms with Crippen molar-refractivity contribution in [1.29, 1.82) is 0 Å². The second-order valence-corrected chi connectivity index (χ2v) is 4.48. The van der Waals surface area contributed by atoms with Gasteiger partial charge in [-0.3, -0.25) is 0 Å². The zero-order valence-electron chi connectivity index (χ0n) is 11.1. The topological polar surface area (TPSA) is 41.1 Å². The molecule has 94 valence electrons. The highest BCUT2D eigenvalue weighted by Gasteiger charge is 2.11. The van der Waals surface area contributed by atoms with Crippen LogP contribution in [0.1, 0.15) is 43.0 Å². The van der Waals surface area contributed by atoms with Crippen molar-refractivity contribution in [2.45, 2.75) is 40.2 Å². The summed E-state index contributed by atoms with van der Waals surface area (Å²) in [5, 5.41) is 5.77. The first-order valence-electron chi connectivity index (χ1n) is 6.16. The highest BCUT2D eigenvalue weighted by molar-refractivity contribution is 5.74. The molecule has 1 rings (SSSR count). The molecule has 1 aromatic rings. The number of aryl methyl sites for hydroxylation is 2. The van der Waals surface area contributed by atoms with Crippen LogP contribution < -0.4 is 10.6 Å². The van der Waals surface area contributed by atoms with E-state index in [2.05, 4.69) is 42.7 Å². The fourth-order valence-corrected chi connectivity index (χ4v) is 1.79. The van der Waals surface area contributed by atoms with Gasteiger partial charge in [0.1, 0.15) is 0 Å². The van der Waals surface area contributed by atoms with Gasteiger partial charge < -0.3 is 10.6 Å². The smallest absolute Gasteiger partial charge is 0.315 e. The molecule has 0 spiro atoms. The molecule has 17 heavy (non-hydrogen) atoms. The number of rotatable bonds is 4. The second-order valence-electron chi connectivity index (χ2n) is 4.48. The lowest BCUT2D eigenvalue weighted by Crippen LogP contribution is -2.37. The summed E-state index contributed by atoms with van der Waals surface area (Å²) in [5.41, 5.74) is 3.60. The molecule has 0 aromatic heterocycles. The Morgan fingerprint density at radius 2 is 2.06 bits per heavy atom. The van der Waals surface area contributed by atoms with Gasteiger partial charge in [-0.15, -0.1) is 0 Å². The fraction of sp³-hybridized carbons (Fsp3) is 0.500. The normalized spacial score (nSPS) is 12.0. The molecular formula is C14H22N2O. The number of nitrogens with one attached hydrogen (secondary N) is 2. The molecule has 0 aliphatic rings. The van der Waals surface area contributed by atoms with Crippen LogP contribution >= 0.6 is 0 Å². The minimum atomic E-state index is -0.0970. The molecule has 0 unspecified atom stereocenters. The van der Waals surface area contributed by atoms with E-state index in [1.807, 2.05) is 13.8 Å². The van der Waals surface area contributed by atoms with E-state index < -0.39 is 0 Å². The second kappa shape index (κ2) is 6.28. The number of hydrogen-bond acceptors (Lipinski definition) is 1. The van der Waals surface area contributed by atoms with E-state index >= 15 is 0 Å². The van der Waals surface area contributed by atoms with Crippen LogP contribution in [-0.4, -0.2) is 12.6 Å². The van der Waals surface area contributed by atoms with Gasteiger partial charge in [0, 0.05) is 6.54 Å². The molecule has 0 heterocycles. The van der Waals surface area contributed by atoms with Gasteiger partial charge in [0.05, 0.1) is 6.04 Å². The van der Waals surface area contributed by atoms with E-state index in [1.54, 1.807) is 0 Å². The van der Waals surface area contributed by atoms with Gasteiger partial charge in [-0.1, -0.05) is 30.7 Å². The Hall–Kier alpha value is -1.51. The van der Waals surface area contributed by atoms with Gasteiger partial charge in [-0.2, -0.15) is 0 Å². The molecule has 2 N–H and O–H groups in total. The molecule has 1 aromatic carbocycles. The van der Waals surface area contributed by atoms with Crippen LogP contribution in [0, 0.1) is 13.8 Å². The molecular weight excluding hydrogens is 212 g/mol. The monoisotopic (exact) mass is 234 g/mol. The van der Waals surface area contributed by atoms with Crippen LogP contribution in [-0.2, 0) is 0 Å². The summed E-state index contributed by atoms with van der Waals surface area (Å²) in [7, 11) is 0. The van der Waals surface area contributed by atoms with Crippen LogP contribution in [0.2, 0.25) is 0 Å². The summed E-state index contributed by atoms with van der Waals surface area (Å²) in [4.78, 5) is 11.6. The lowest BCUT2D eigenvalue weighted by molar-refractivity contribution is 0.238. The van der Waals surface area contributed by atoms with Crippen molar-refractivity contribution >= 4 is 6.03 Å². The molecule has 1 atom stereocenters. The lowest BCUT2D eigenvalue weighted by atomic mass is 10.0. The highest BCUT2D eigenvalue weighted by Crippen LogP contribution is 2.18. The maximum Gasteiger partial charge on any atom is 0.315 e. The van der Waals surface area contributed by atoms with E-state index in [4.69, 9.17) is 0 Å². The van der Waals surface area contributed by atoms with Gasteiger partial charge >= 0.3 is 6.03 Å². The number of amides is 2. The van der Waals surface area contributed by atoms with Gasteiger partial charge in [-0.05, 0) is 38.3 Å². The minimum Gasteiger partial charge on any atom is -0.338 e. The van der Waals surface area contributed by atoms with Crippen LogP contribution in [0.5, 0.6) is 0 Å². The van der Waals surface area contributed by atoms with Crippen molar-refractivity contribution in [2.75, 3.05) is 6.54 Å². The number of carbonyl (C=O) groups is 1. The van der Waals surface area contributed by atoms with Gasteiger partial charge in [0.25, 0.3) is 0 Å². The summed E-state index contributed by atoms with van der Waals surface area (Å²) >= 11 is 0. The Morgan fingerprint density at radius 1 is 1.35 bits per heavy atom. The molecule has 2 amide bonds. The van der Waals surface area contributed by atoms with Crippen molar-refractivity contribution in [1.82, 2.24) is 10.6 Å². The third-order valence-corrected chi connectivity index (χ3v) is 2.78. The van der Waals surface area contributed by atoms with Gasteiger partial charge in [0.2, 0.25) is 0 Å². The molecule has 0 saturated carbocycles. The van der Waals surface area contributed by atoms with E-state index in [-0.39, 0.29) is 12.1 Å². The fourth-order valence-electron chi connectivity index (χ4n) is 1.79. The first-order chi connectivity index (χ1) is 8.04. The molecule has 0 fully saturated rings. The number of hydrogen-bond donors (Lipinski definition) is 2. The molecule has 0 saturated heterocycles. The highest BCUT2D eigenvalue weighted by atomic mass is 16.2. The Kier molecular flexibility index (Phi) is 5.01. The van der Waals surface area contributed by atoms with Gasteiger partial charge in [-0.25, -0.2) is 4.79 Å². The molecule has 0 bridgehead atoms. The number of carbonyl (C=O) groups excluding carboxylic acids is 1. The minimum absolute atomic E-state index is 0.0340. The maximum absolute atomic E-state index is 11.6. The van der Waals surface area contributed by atoms with E-state index in [0.717, 1.165) is 6.42 Å². The predicted octanol–water partition coefficient (Wildman–Crippen LogP) is 3.07. The third kappa shape index (κ3) is 4.10. The summed E-state index contributed by atoms with van der Waals surface area (Å²) in [6.45, 7) is 8.89. The Balaban J connectivity index is 2.66. The average Bonchev–Trinajstić information content (AvgIpc) is 2.29. The Morgan fingerprint density at radius 3 is 2.71 bits per heavy atom. The van der Waals surface area contributed by atoms with Crippen LogP contribution in [0.15, 0.2) is 18.2 Å². The Bertz CT molecular complexity index is 388. The van der Waals surface area contributed by atoms with Crippen molar-refractivity contribution < 1.29 is 4.79 Å². The van der Waals surface area contributed by atoms with E-state index in [9.17, 15) is 4.79 Å². The molecule has 3 nitrogen and oxygen atoms in total. The van der Waals surface area contributed by atoms with Crippen LogP contribution in [0.4, 0.5) is 4.79 Å². The van der Waals surface area contributed by atoms with E-state index in [1.165, 1.54) is 16.7 Å². The third-order valence-electron chi connectivity index (χ3n) is 2.78. The van der Waals surface area contributed by atoms with Crippen molar-refractivity contribution in [2.24, 2.45) is 0 Å². The maximum atomic E-state index is 11.6. The van der Waals surface area contributed by atoms with Crippen molar-refractivity contribution in [3.8, 4) is 0 Å². The summed E-state index contributed by atoms with van der Waals surface area (Å²) < 4.78 is 0. The molecule has 3 heteroatoms. The van der Waals surface area contributed by atoms with Crippen LogP contribution in [0.25, 0.3) is 0 Å². The zero-order chi connectivity index (χ0) is 12.8. The molecule has 0 radical (unpaired) electrons.